The van der Waals surface area contributed by atoms with E-state index in [9.17, 15) is 18.0 Å². The molecule has 1 aromatic carbocycles. The molecule has 0 spiro atoms. The van der Waals surface area contributed by atoms with Crippen LogP contribution in [0.4, 0.5) is 18.9 Å². The second-order valence-electron chi connectivity index (χ2n) is 6.67. The Balaban J connectivity index is 1.70. The molecule has 3 aromatic heterocycles. The fraction of sp³-hybridized carbons (Fsp3) is 0.143. The van der Waals surface area contributed by atoms with Crippen molar-refractivity contribution in [2.45, 2.75) is 13.1 Å². The first-order chi connectivity index (χ1) is 14.8. The first-order valence-electron chi connectivity index (χ1n) is 9.10. The van der Waals surface area contributed by atoms with E-state index in [1.54, 1.807) is 25.3 Å². The van der Waals surface area contributed by atoms with Crippen LogP contribution in [0.5, 0.6) is 5.75 Å². The lowest BCUT2D eigenvalue weighted by atomic mass is 10.1. The van der Waals surface area contributed by atoms with Crippen molar-refractivity contribution >= 4 is 22.6 Å². The maximum atomic E-state index is 13.6. The number of aryl methyl sites for hydroxylation is 1. The zero-order valence-electron chi connectivity index (χ0n) is 16.4. The third-order valence-electron chi connectivity index (χ3n) is 4.63. The quantitative estimate of drug-likeness (QED) is 0.522. The predicted molar refractivity (Wildman–Crippen MR) is 107 cm³/mol. The number of carbonyl (C=O) groups excluding carboxylic acids is 1. The SMILES string of the molecule is COc1ccc2c(c1)nc(C(F)(F)F)n2-c1ccc(NC(=O)c2cnccc2C)cn1. The van der Waals surface area contributed by atoms with E-state index < -0.39 is 17.9 Å². The van der Waals surface area contributed by atoms with Gasteiger partial charge in [0.15, 0.2) is 0 Å². The summed E-state index contributed by atoms with van der Waals surface area (Å²) in [7, 11) is 1.42. The van der Waals surface area contributed by atoms with Gasteiger partial charge in [-0.2, -0.15) is 13.2 Å². The van der Waals surface area contributed by atoms with Crippen LogP contribution < -0.4 is 10.1 Å². The van der Waals surface area contributed by atoms with Crippen molar-refractivity contribution in [3.63, 3.8) is 0 Å². The maximum absolute atomic E-state index is 13.6. The summed E-state index contributed by atoms with van der Waals surface area (Å²) in [6.07, 6.45) is -0.396. The molecule has 31 heavy (non-hydrogen) atoms. The molecular weight excluding hydrogens is 411 g/mol. The Labute approximate surface area is 174 Å². The highest BCUT2D eigenvalue weighted by Crippen LogP contribution is 2.34. The van der Waals surface area contributed by atoms with Gasteiger partial charge in [-0.1, -0.05) is 0 Å². The summed E-state index contributed by atoms with van der Waals surface area (Å²) in [4.78, 5) is 24.2. The van der Waals surface area contributed by atoms with E-state index in [4.69, 9.17) is 4.74 Å². The Hall–Kier alpha value is -3.95. The fourth-order valence-corrected chi connectivity index (χ4v) is 3.10. The lowest BCUT2D eigenvalue weighted by molar-refractivity contribution is -0.145. The number of fused-ring (bicyclic) bond motifs is 1. The molecule has 0 atom stereocenters. The van der Waals surface area contributed by atoms with E-state index in [0.717, 1.165) is 10.1 Å². The number of aromatic nitrogens is 4. The van der Waals surface area contributed by atoms with Gasteiger partial charge >= 0.3 is 6.18 Å². The minimum Gasteiger partial charge on any atom is -0.497 e. The van der Waals surface area contributed by atoms with Crippen molar-refractivity contribution in [1.29, 1.82) is 0 Å². The number of nitrogens with zero attached hydrogens (tertiary/aromatic N) is 4. The summed E-state index contributed by atoms with van der Waals surface area (Å²) in [5.41, 5.74) is 1.81. The topological polar surface area (TPSA) is 81.9 Å². The Morgan fingerprint density at radius 3 is 2.58 bits per heavy atom. The van der Waals surface area contributed by atoms with E-state index >= 15 is 0 Å². The van der Waals surface area contributed by atoms with Gasteiger partial charge in [-0.15, -0.1) is 0 Å². The molecule has 1 N–H and O–H groups in total. The standard InChI is InChI=1S/C21H16F3N5O2/c1-12-7-8-25-11-15(12)19(30)27-13-3-6-18(26-10-13)29-17-5-4-14(31-2)9-16(17)28-20(29)21(22,23)24/h3-11H,1-2H3,(H,27,30). The van der Waals surface area contributed by atoms with Crippen LogP contribution in [0.25, 0.3) is 16.9 Å². The summed E-state index contributed by atoms with van der Waals surface area (Å²) < 4.78 is 46.9. The molecule has 4 aromatic rings. The minimum atomic E-state index is -4.70. The molecule has 158 valence electrons. The van der Waals surface area contributed by atoms with Gasteiger partial charge < -0.3 is 10.1 Å². The molecule has 1 amide bonds. The van der Waals surface area contributed by atoms with Gasteiger partial charge in [0.25, 0.3) is 5.91 Å². The van der Waals surface area contributed by atoms with Gasteiger partial charge in [-0.3, -0.25) is 14.3 Å². The largest absolute Gasteiger partial charge is 0.497 e. The maximum Gasteiger partial charge on any atom is 0.450 e. The minimum absolute atomic E-state index is 0.00977. The van der Waals surface area contributed by atoms with Gasteiger partial charge in [0, 0.05) is 18.5 Å². The summed E-state index contributed by atoms with van der Waals surface area (Å²) >= 11 is 0. The van der Waals surface area contributed by atoms with Crippen molar-refractivity contribution in [3.8, 4) is 11.6 Å². The van der Waals surface area contributed by atoms with E-state index in [0.29, 0.717) is 17.0 Å². The molecule has 4 rings (SSSR count). The third kappa shape index (κ3) is 3.91. The molecule has 7 nitrogen and oxygen atoms in total. The number of hydrogen-bond acceptors (Lipinski definition) is 5. The normalized spacial score (nSPS) is 11.5. The molecule has 10 heteroatoms. The monoisotopic (exact) mass is 427 g/mol. The number of imidazole rings is 1. The van der Waals surface area contributed by atoms with Gasteiger partial charge in [-0.25, -0.2) is 9.97 Å². The Morgan fingerprint density at radius 1 is 1.13 bits per heavy atom. The smallest absolute Gasteiger partial charge is 0.450 e. The number of nitrogens with one attached hydrogen (secondary N) is 1. The third-order valence-corrected chi connectivity index (χ3v) is 4.63. The Bertz CT molecular complexity index is 1270. The molecule has 0 radical (unpaired) electrons. The van der Waals surface area contributed by atoms with E-state index in [-0.39, 0.29) is 16.9 Å². The number of amides is 1. The van der Waals surface area contributed by atoms with Crippen LogP contribution in [0, 0.1) is 6.92 Å². The summed E-state index contributed by atoms with van der Waals surface area (Å²) in [5, 5.41) is 2.66. The molecule has 0 aliphatic rings. The van der Waals surface area contributed by atoms with Crippen LogP contribution >= 0.6 is 0 Å². The number of halogens is 3. The average Bonchev–Trinajstić information content (AvgIpc) is 3.14. The molecule has 0 saturated carbocycles. The van der Waals surface area contributed by atoms with Gasteiger partial charge in [0.2, 0.25) is 5.82 Å². The van der Waals surface area contributed by atoms with E-state index in [1.807, 2.05) is 0 Å². The summed E-state index contributed by atoms with van der Waals surface area (Å²) in [6.45, 7) is 1.77. The molecule has 3 heterocycles. The first kappa shape index (κ1) is 20.3. The van der Waals surface area contributed by atoms with Crippen LogP contribution in [0.15, 0.2) is 55.0 Å². The highest BCUT2D eigenvalue weighted by Gasteiger charge is 2.38. The summed E-state index contributed by atoms with van der Waals surface area (Å²) in [6, 6.07) is 9.01. The zero-order valence-corrected chi connectivity index (χ0v) is 16.4. The first-order valence-corrected chi connectivity index (χ1v) is 9.10. The van der Waals surface area contributed by atoms with Crippen LogP contribution in [0.1, 0.15) is 21.7 Å². The lowest BCUT2D eigenvalue weighted by Gasteiger charge is -2.12. The average molecular weight is 427 g/mol. The zero-order chi connectivity index (χ0) is 22.2. The van der Waals surface area contributed by atoms with Crippen molar-refractivity contribution < 1.29 is 22.7 Å². The second-order valence-corrected chi connectivity index (χ2v) is 6.67. The Kier molecular flexibility index (Phi) is 5.05. The van der Waals surface area contributed by atoms with Crippen molar-refractivity contribution in [2.24, 2.45) is 0 Å². The highest BCUT2D eigenvalue weighted by atomic mass is 19.4. The number of hydrogen-bond donors (Lipinski definition) is 1. The highest BCUT2D eigenvalue weighted by molar-refractivity contribution is 6.04. The van der Waals surface area contributed by atoms with Gasteiger partial charge in [0.05, 0.1) is 35.6 Å². The number of ether oxygens (including phenoxy) is 1. The number of anilines is 1. The number of pyridine rings is 2. The van der Waals surface area contributed by atoms with Crippen molar-refractivity contribution in [2.75, 3.05) is 12.4 Å². The molecule has 0 aliphatic carbocycles. The summed E-state index contributed by atoms with van der Waals surface area (Å²) in [5.74, 6) is -1.10. The van der Waals surface area contributed by atoms with Crippen molar-refractivity contribution in [3.05, 3.63) is 71.9 Å². The Morgan fingerprint density at radius 2 is 1.94 bits per heavy atom. The number of carbonyl (C=O) groups is 1. The van der Waals surface area contributed by atoms with Gasteiger partial charge in [-0.05, 0) is 42.8 Å². The second kappa shape index (κ2) is 7.71. The number of benzene rings is 1. The van der Waals surface area contributed by atoms with Crippen LogP contribution in [0.3, 0.4) is 0 Å². The van der Waals surface area contributed by atoms with Gasteiger partial charge in [0.1, 0.15) is 11.6 Å². The van der Waals surface area contributed by atoms with E-state index in [1.165, 1.54) is 43.8 Å². The molecule has 0 fully saturated rings. The van der Waals surface area contributed by atoms with Crippen molar-refractivity contribution in [1.82, 2.24) is 19.5 Å². The lowest BCUT2D eigenvalue weighted by Crippen LogP contribution is -2.16. The molecule has 0 unspecified atom stereocenters. The molecular formula is C21H16F3N5O2. The number of rotatable bonds is 4. The molecule has 0 saturated heterocycles. The fourth-order valence-electron chi connectivity index (χ4n) is 3.10. The van der Waals surface area contributed by atoms with Crippen LogP contribution in [-0.2, 0) is 6.18 Å². The van der Waals surface area contributed by atoms with E-state index in [2.05, 4.69) is 20.3 Å². The molecule has 0 aliphatic heterocycles. The van der Waals surface area contributed by atoms with Crippen LogP contribution in [-0.4, -0.2) is 32.5 Å². The number of methoxy groups -OCH3 is 1. The molecule has 0 bridgehead atoms. The van der Waals surface area contributed by atoms with Crippen LogP contribution in [0.2, 0.25) is 0 Å². The predicted octanol–water partition coefficient (Wildman–Crippen LogP) is 4.40. The number of alkyl halides is 3.